The van der Waals surface area contributed by atoms with E-state index in [-0.39, 0.29) is 5.91 Å². The van der Waals surface area contributed by atoms with E-state index in [1.165, 1.54) is 58.0 Å². The van der Waals surface area contributed by atoms with Crippen LogP contribution in [0.25, 0.3) is 0 Å². The van der Waals surface area contributed by atoms with Crippen LogP contribution in [0.2, 0.25) is 0 Å². The second-order valence-electron chi connectivity index (χ2n) is 8.50. The third kappa shape index (κ3) is 4.27. The maximum atomic E-state index is 12.6. The van der Waals surface area contributed by atoms with Crippen molar-refractivity contribution < 1.29 is 4.79 Å². The van der Waals surface area contributed by atoms with Gasteiger partial charge in [-0.1, -0.05) is 24.5 Å². The minimum atomic E-state index is 0.0609. The third-order valence-corrected chi connectivity index (χ3v) is 6.47. The molecule has 1 amide bonds. The lowest BCUT2D eigenvalue weighted by Crippen LogP contribution is -2.40. The van der Waals surface area contributed by atoms with Gasteiger partial charge in [0.1, 0.15) is 0 Å². The van der Waals surface area contributed by atoms with E-state index in [2.05, 4.69) is 15.2 Å². The van der Waals surface area contributed by atoms with Crippen molar-refractivity contribution in [2.24, 2.45) is 5.92 Å². The van der Waals surface area contributed by atoms with E-state index in [1.54, 1.807) is 0 Å². The van der Waals surface area contributed by atoms with Gasteiger partial charge in [-0.3, -0.25) is 4.79 Å². The van der Waals surface area contributed by atoms with E-state index in [0.29, 0.717) is 11.7 Å². The first-order valence-corrected chi connectivity index (χ1v) is 10.7. The average Bonchev–Trinajstić information content (AvgIpc) is 3.19. The molecule has 0 unspecified atom stereocenters. The Labute approximate surface area is 156 Å². The average molecular weight is 360 g/mol. The van der Waals surface area contributed by atoms with Crippen molar-refractivity contribution in [1.82, 2.24) is 24.8 Å². The number of likely N-dealkylation sites (tertiary alicyclic amines) is 2. The zero-order chi connectivity index (χ0) is 17.8. The highest BCUT2D eigenvalue weighted by atomic mass is 16.2. The summed E-state index contributed by atoms with van der Waals surface area (Å²) in [7, 11) is 0. The van der Waals surface area contributed by atoms with E-state index in [4.69, 9.17) is 0 Å². The second-order valence-corrected chi connectivity index (χ2v) is 8.50. The number of rotatable bonds is 4. The fourth-order valence-corrected chi connectivity index (χ4v) is 4.96. The summed E-state index contributed by atoms with van der Waals surface area (Å²) < 4.78 is 1.96. The Morgan fingerprint density at radius 3 is 2.54 bits per heavy atom. The van der Waals surface area contributed by atoms with Crippen LogP contribution in [0.15, 0.2) is 6.20 Å². The third-order valence-electron chi connectivity index (χ3n) is 6.47. The van der Waals surface area contributed by atoms with Crippen LogP contribution in [0.4, 0.5) is 0 Å². The zero-order valence-corrected chi connectivity index (χ0v) is 16.0. The van der Waals surface area contributed by atoms with Crippen LogP contribution in [-0.2, 0) is 0 Å². The van der Waals surface area contributed by atoms with E-state index in [0.717, 1.165) is 44.8 Å². The van der Waals surface area contributed by atoms with Crippen molar-refractivity contribution in [3.63, 3.8) is 0 Å². The first kappa shape index (κ1) is 18.0. The van der Waals surface area contributed by atoms with Crippen LogP contribution in [0.5, 0.6) is 0 Å². The number of amides is 1. The van der Waals surface area contributed by atoms with Crippen LogP contribution in [0.1, 0.15) is 80.7 Å². The summed E-state index contributed by atoms with van der Waals surface area (Å²) in [6, 6.07) is 0.364. The van der Waals surface area contributed by atoms with Gasteiger partial charge < -0.3 is 9.80 Å². The molecule has 1 atom stereocenters. The first-order chi connectivity index (χ1) is 12.8. The minimum Gasteiger partial charge on any atom is -0.337 e. The molecule has 6 heteroatoms. The summed E-state index contributed by atoms with van der Waals surface area (Å²) in [5, 5.41) is 8.54. The fraction of sp³-hybridized carbons (Fsp3) is 0.850. The van der Waals surface area contributed by atoms with Crippen LogP contribution in [0.3, 0.4) is 0 Å². The Kier molecular flexibility index (Phi) is 5.88. The highest BCUT2D eigenvalue weighted by molar-refractivity contribution is 5.91. The Hall–Kier alpha value is -1.43. The highest BCUT2D eigenvalue weighted by Gasteiger charge is 2.27. The number of hydrogen-bond acceptors (Lipinski definition) is 4. The molecule has 1 aliphatic carbocycles. The number of carbonyl (C=O) groups is 1. The molecular formula is C20H33N5O. The summed E-state index contributed by atoms with van der Waals surface area (Å²) in [5.41, 5.74) is 0.524. The molecule has 3 aliphatic rings. The molecule has 0 radical (unpaired) electrons. The van der Waals surface area contributed by atoms with Gasteiger partial charge in [-0.15, -0.1) is 5.10 Å². The van der Waals surface area contributed by atoms with Gasteiger partial charge in [-0.2, -0.15) is 0 Å². The molecule has 1 aromatic rings. The van der Waals surface area contributed by atoms with Crippen molar-refractivity contribution in [1.29, 1.82) is 0 Å². The lowest BCUT2D eigenvalue weighted by atomic mass is 9.88. The summed E-state index contributed by atoms with van der Waals surface area (Å²) in [6.07, 6.45) is 14.7. The van der Waals surface area contributed by atoms with Gasteiger partial charge in [0.05, 0.1) is 12.2 Å². The van der Waals surface area contributed by atoms with Crippen molar-refractivity contribution in [3.8, 4) is 0 Å². The smallest absolute Gasteiger partial charge is 0.276 e. The minimum absolute atomic E-state index is 0.0609. The predicted molar refractivity (Wildman–Crippen MR) is 101 cm³/mol. The molecule has 4 rings (SSSR count). The highest BCUT2D eigenvalue weighted by Crippen LogP contribution is 2.27. The van der Waals surface area contributed by atoms with E-state index in [9.17, 15) is 4.79 Å². The Balaban J connectivity index is 1.34. The van der Waals surface area contributed by atoms with Crippen LogP contribution >= 0.6 is 0 Å². The van der Waals surface area contributed by atoms with Crippen molar-refractivity contribution in [2.45, 2.75) is 70.3 Å². The van der Waals surface area contributed by atoms with Crippen molar-refractivity contribution >= 4 is 5.91 Å². The summed E-state index contributed by atoms with van der Waals surface area (Å²) >= 11 is 0. The molecule has 2 aliphatic heterocycles. The van der Waals surface area contributed by atoms with Gasteiger partial charge in [0.2, 0.25) is 0 Å². The zero-order valence-electron chi connectivity index (χ0n) is 16.0. The number of nitrogens with zero attached hydrogens (tertiary/aromatic N) is 5. The molecule has 6 nitrogen and oxygen atoms in total. The Morgan fingerprint density at radius 2 is 1.73 bits per heavy atom. The molecule has 2 saturated heterocycles. The summed E-state index contributed by atoms with van der Waals surface area (Å²) in [4.78, 5) is 17.2. The van der Waals surface area contributed by atoms with Crippen LogP contribution in [-0.4, -0.2) is 63.4 Å². The van der Waals surface area contributed by atoms with Crippen molar-refractivity contribution in [3.05, 3.63) is 11.9 Å². The monoisotopic (exact) mass is 359 g/mol. The second kappa shape index (κ2) is 8.51. The molecule has 3 fully saturated rings. The topological polar surface area (TPSA) is 54.3 Å². The fourth-order valence-electron chi connectivity index (χ4n) is 4.96. The maximum Gasteiger partial charge on any atom is 0.276 e. The first-order valence-electron chi connectivity index (χ1n) is 10.7. The standard InChI is InChI=1S/C20H33N5O/c26-20(24-12-5-2-6-13-24)19-16-25(22-21-19)18-10-7-11-23(15-18)14-17-8-3-1-4-9-17/h16-18H,1-15H2/t18-/m1/s1. The number of hydrogen-bond donors (Lipinski definition) is 0. The largest absolute Gasteiger partial charge is 0.337 e. The molecule has 144 valence electrons. The molecule has 1 saturated carbocycles. The number of carbonyl (C=O) groups excluding carboxylic acids is 1. The molecule has 0 bridgehead atoms. The van der Waals surface area contributed by atoms with Gasteiger partial charge in [0, 0.05) is 26.2 Å². The number of piperidine rings is 2. The quantitative estimate of drug-likeness (QED) is 0.829. The molecule has 3 heterocycles. The number of aromatic nitrogens is 3. The lowest BCUT2D eigenvalue weighted by Gasteiger charge is -2.35. The normalized spacial score (nSPS) is 26.2. The van der Waals surface area contributed by atoms with Gasteiger partial charge in [0.15, 0.2) is 5.69 Å². The van der Waals surface area contributed by atoms with E-state index in [1.807, 2.05) is 15.8 Å². The van der Waals surface area contributed by atoms with E-state index < -0.39 is 0 Å². The van der Waals surface area contributed by atoms with E-state index >= 15 is 0 Å². The van der Waals surface area contributed by atoms with Gasteiger partial charge in [-0.25, -0.2) is 4.68 Å². The van der Waals surface area contributed by atoms with Crippen LogP contribution in [0, 0.1) is 5.92 Å². The molecule has 0 spiro atoms. The maximum absolute atomic E-state index is 12.6. The molecular weight excluding hydrogens is 326 g/mol. The van der Waals surface area contributed by atoms with Gasteiger partial charge in [0.25, 0.3) is 5.91 Å². The van der Waals surface area contributed by atoms with Crippen LogP contribution < -0.4 is 0 Å². The summed E-state index contributed by atoms with van der Waals surface area (Å²) in [6.45, 7) is 5.23. The molecule has 1 aromatic heterocycles. The lowest BCUT2D eigenvalue weighted by molar-refractivity contribution is 0.0718. The SMILES string of the molecule is O=C(c1cn([C@@H]2CCCN(CC3CCCCC3)C2)nn1)N1CCCCC1. The Bertz CT molecular complexity index is 589. The van der Waals surface area contributed by atoms with Gasteiger partial charge >= 0.3 is 0 Å². The molecule has 26 heavy (non-hydrogen) atoms. The molecule has 0 aromatic carbocycles. The predicted octanol–water partition coefficient (Wildman–Crippen LogP) is 3.12. The molecule has 0 N–H and O–H groups in total. The van der Waals surface area contributed by atoms with Gasteiger partial charge in [-0.05, 0) is 57.4 Å². The Morgan fingerprint density at radius 1 is 0.962 bits per heavy atom. The van der Waals surface area contributed by atoms with Crippen molar-refractivity contribution in [2.75, 3.05) is 32.7 Å². The summed E-state index contributed by atoms with van der Waals surface area (Å²) in [5.74, 6) is 0.945.